The Balaban J connectivity index is 1.37. The first-order valence-corrected chi connectivity index (χ1v) is 10.9. The van der Waals surface area contributed by atoms with Crippen LogP contribution in [0.4, 0.5) is 0 Å². The van der Waals surface area contributed by atoms with Crippen molar-refractivity contribution in [2.24, 2.45) is 11.3 Å². The standard InChI is InChI=1S/C25H33NO3/c1-19(2)24-16-25(11-13-27-24,15-20-6-4-3-5-7-20)10-12-26-17-21-8-9-22-23(14-21)29-18-28-22/h3-9,14,19,24,26H,10-13,15-18H2,1-2H3. The van der Waals surface area contributed by atoms with Gasteiger partial charge < -0.3 is 19.5 Å². The molecule has 2 heterocycles. The molecule has 29 heavy (non-hydrogen) atoms. The Morgan fingerprint density at radius 3 is 2.69 bits per heavy atom. The molecule has 1 saturated heterocycles. The highest BCUT2D eigenvalue weighted by atomic mass is 16.7. The third-order valence-corrected chi connectivity index (χ3v) is 6.36. The molecule has 0 bridgehead atoms. The number of fused-ring (bicyclic) bond motifs is 1. The van der Waals surface area contributed by atoms with Crippen LogP contribution < -0.4 is 14.8 Å². The third kappa shape index (κ3) is 5.12. The Hall–Kier alpha value is -2.04. The van der Waals surface area contributed by atoms with Crippen molar-refractivity contribution in [3.8, 4) is 11.5 Å². The lowest BCUT2D eigenvalue weighted by molar-refractivity contribution is -0.0720. The molecule has 2 aromatic carbocycles. The lowest BCUT2D eigenvalue weighted by Gasteiger charge is -2.43. The van der Waals surface area contributed by atoms with Gasteiger partial charge in [-0.15, -0.1) is 0 Å². The SMILES string of the molecule is CC(C)C1CC(CCNCc2ccc3c(c2)OCO3)(Cc2ccccc2)CCO1. The minimum Gasteiger partial charge on any atom is -0.454 e. The third-order valence-electron chi connectivity index (χ3n) is 6.36. The first-order chi connectivity index (χ1) is 14.1. The number of benzene rings is 2. The van der Waals surface area contributed by atoms with Crippen LogP contribution >= 0.6 is 0 Å². The molecule has 0 saturated carbocycles. The van der Waals surface area contributed by atoms with Crippen LogP contribution in [-0.4, -0.2) is 26.0 Å². The minimum absolute atomic E-state index is 0.302. The normalized spacial score (nSPS) is 23.5. The van der Waals surface area contributed by atoms with Gasteiger partial charge in [-0.05, 0) is 66.8 Å². The van der Waals surface area contributed by atoms with Crippen molar-refractivity contribution in [3.63, 3.8) is 0 Å². The summed E-state index contributed by atoms with van der Waals surface area (Å²) < 4.78 is 17.0. The Morgan fingerprint density at radius 2 is 1.86 bits per heavy atom. The molecular weight excluding hydrogens is 362 g/mol. The molecule has 2 unspecified atom stereocenters. The van der Waals surface area contributed by atoms with E-state index in [1.54, 1.807) is 0 Å². The van der Waals surface area contributed by atoms with E-state index in [-0.39, 0.29) is 0 Å². The summed E-state index contributed by atoms with van der Waals surface area (Å²) in [5.41, 5.74) is 2.97. The number of ether oxygens (including phenoxy) is 3. The van der Waals surface area contributed by atoms with Crippen LogP contribution in [-0.2, 0) is 17.7 Å². The quantitative estimate of drug-likeness (QED) is 0.642. The van der Waals surface area contributed by atoms with E-state index < -0.39 is 0 Å². The maximum atomic E-state index is 6.10. The van der Waals surface area contributed by atoms with Gasteiger partial charge in [-0.25, -0.2) is 0 Å². The summed E-state index contributed by atoms with van der Waals surface area (Å²) in [6, 6.07) is 17.1. The zero-order valence-corrected chi connectivity index (χ0v) is 17.7. The fourth-order valence-electron chi connectivity index (χ4n) is 4.58. The first-order valence-electron chi connectivity index (χ1n) is 10.9. The zero-order chi connectivity index (χ0) is 20.1. The summed E-state index contributed by atoms with van der Waals surface area (Å²) in [5.74, 6) is 2.26. The predicted octanol–water partition coefficient (Wildman–Crippen LogP) is 4.96. The van der Waals surface area contributed by atoms with Gasteiger partial charge in [-0.1, -0.05) is 50.2 Å². The van der Waals surface area contributed by atoms with Crippen molar-refractivity contribution < 1.29 is 14.2 Å². The second-order valence-corrected chi connectivity index (χ2v) is 8.88. The van der Waals surface area contributed by atoms with Crippen LogP contribution in [0.2, 0.25) is 0 Å². The predicted molar refractivity (Wildman–Crippen MR) is 115 cm³/mol. The Bertz CT molecular complexity index is 792. The van der Waals surface area contributed by atoms with Crippen molar-refractivity contribution in [1.82, 2.24) is 5.32 Å². The molecule has 2 atom stereocenters. The summed E-state index contributed by atoms with van der Waals surface area (Å²) >= 11 is 0. The van der Waals surface area contributed by atoms with Gasteiger partial charge in [0.05, 0.1) is 6.10 Å². The van der Waals surface area contributed by atoms with Gasteiger partial charge in [0.2, 0.25) is 6.79 Å². The zero-order valence-electron chi connectivity index (χ0n) is 17.7. The first kappa shape index (κ1) is 20.2. The van der Waals surface area contributed by atoms with Gasteiger partial charge in [0.1, 0.15) is 0 Å². The van der Waals surface area contributed by atoms with Gasteiger partial charge in [-0.3, -0.25) is 0 Å². The molecule has 0 radical (unpaired) electrons. The van der Waals surface area contributed by atoms with Crippen LogP contribution in [0, 0.1) is 11.3 Å². The summed E-state index contributed by atoms with van der Waals surface area (Å²) in [6.07, 6.45) is 4.94. The van der Waals surface area contributed by atoms with Crippen molar-refractivity contribution in [2.45, 2.75) is 52.2 Å². The van der Waals surface area contributed by atoms with Gasteiger partial charge in [0.15, 0.2) is 11.5 Å². The molecule has 0 aliphatic carbocycles. The number of nitrogens with one attached hydrogen (secondary N) is 1. The Morgan fingerprint density at radius 1 is 1.03 bits per heavy atom. The largest absolute Gasteiger partial charge is 0.454 e. The van der Waals surface area contributed by atoms with Crippen LogP contribution in [0.25, 0.3) is 0 Å². The Labute approximate surface area is 174 Å². The molecule has 1 fully saturated rings. The average molecular weight is 396 g/mol. The second kappa shape index (κ2) is 9.19. The van der Waals surface area contributed by atoms with Crippen LogP contribution in [0.5, 0.6) is 11.5 Å². The molecular formula is C25H33NO3. The van der Waals surface area contributed by atoms with Gasteiger partial charge in [-0.2, -0.15) is 0 Å². The van der Waals surface area contributed by atoms with E-state index in [0.717, 1.165) is 50.5 Å². The molecule has 0 amide bonds. The van der Waals surface area contributed by atoms with Crippen LogP contribution in [0.3, 0.4) is 0 Å². The molecule has 4 heteroatoms. The van der Waals surface area contributed by atoms with E-state index in [9.17, 15) is 0 Å². The van der Waals surface area contributed by atoms with Gasteiger partial charge in [0.25, 0.3) is 0 Å². The van der Waals surface area contributed by atoms with Gasteiger partial charge >= 0.3 is 0 Å². The van der Waals surface area contributed by atoms with Gasteiger partial charge in [0, 0.05) is 13.2 Å². The molecule has 0 spiro atoms. The molecule has 156 valence electrons. The monoisotopic (exact) mass is 395 g/mol. The van der Waals surface area contributed by atoms with E-state index in [4.69, 9.17) is 14.2 Å². The molecule has 2 aromatic rings. The highest BCUT2D eigenvalue weighted by Crippen LogP contribution is 2.41. The van der Waals surface area contributed by atoms with Crippen molar-refractivity contribution in [3.05, 3.63) is 59.7 Å². The molecule has 1 N–H and O–H groups in total. The highest BCUT2D eigenvalue weighted by molar-refractivity contribution is 5.44. The smallest absolute Gasteiger partial charge is 0.231 e. The van der Waals surface area contributed by atoms with E-state index in [2.05, 4.69) is 61.6 Å². The lowest BCUT2D eigenvalue weighted by atomic mass is 9.69. The highest BCUT2D eigenvalue weighted by Gasteiger charge is 2.37. The van der Waals surface area contributed by atoms with Crippen LogP contribution in [0.15, 0.2) is 48.5 Å². The topological polar surface area (TPSA) is 39.7 Å². The van der Waals surface area contributed by atoms with Crippen molar-refractivity contribution in [1.29, 1.82) is 0 Å². The lowest BCUT2D eigenvalue weighted by Crippen LogP contribution is -2.41. The summed E-state index contributed by atoms with van der Waals surface area (Å²) in [5, 5.41) is 3.66. The second-order valence-electron chi connectivity index (χ2n) is 8.88. The maximum Gasteiger partial charge on any atom is 0.231 e. The van der Waals surface area contributed by atoms with E-state index in [0.29, 0.717) is 24.2 Å². The average Bonchev–Trinajstić information content (AvgIpc) is 3.20. The van der Waals surface area contributed by atoms with E-state index in [1.807, 2.05) is 6.07 Å². The van der Waals surface area contributed by atoms with Crippen molar-refractivity contribution in [2.75, 3.05) is 19.9 Å². The van der Waals surface area contributed by atoms with Crippen LogP contribution in [0.1, 0.15) is 44.2 Å². The number of hydrogen-bond donors (Lipinski definition) is 1. The van der Waals surface area contributed by atoms with E-state index in [1.165, 1.54) is 17.5 Å². The molecule has 2 aliphatic rings. The number of rotatable bonds is 8. The fraction of sp³-hybridized carbons (Fsp3) is 0.520. The fourth-order valence-corrected chi connectivity index (χ4v) is 4.58. The van der Waals surface area contributed by atoms with E-state index >= 15 is 0 Å². The summed E-state index contributed by atoms with van der Waals surface area (Å²) in [6.45, 7) is 7.61. The maximum absolute atomic E-state index is 6.10. The molecule has 4 nitrogen and oxygen atoms in total. The van der Waals surface area contributed by atoms with Crippen molar-refractivity contribution >= 4 is 0 Å². The number of hydrogen-bond acceptors (Lipinski definition) is 4. The molecule has 0 aromatic heterocycles. The summed E-state index contributed by atoms with van der Waals surface area (Å²) in [4.78, 5) is 0. The summed E-state index contributed by atoms with van der Waals surface area (Å²) in [7, 11) is 0. The molecule has 4 rings (SSSR count). The minimum atomic E-state index is 0.302. The molecule has 2 aliphatic heterocycles. The Kier molecular flexibility index (Phi) is 6.41.